The van der Waals surface area contributed by atoms with Gasteiger partial charge in [-0.25, -0.2) is 4.79 Å². The number of nitrogen functional groups attached to an aromatic ring is 1. The molecule has 1 rings (SSSR count). The highest BCUT2D eigenvalue weighted by atomic mass is 32.2. The standard InChI is InChI=1S/C11H12F3NO3S/c1-17-8-4-2-3-7(15)9(8)10(16)18-5-6-19-11(12,13)14/h2-4H,5-6,15H2,1H3. The van der Waals surface area contributed by atoms with Crippen LogP contribution in [0.5, 0.6) is 5.75 Å². The van der Waals surface area contributed by atoms with Crippen LogP contribution >= 0.6 is 11.8 Å². The minimum Gasteiger partial charge on any atom is -0.496 e. The summed E-state index contributed by atoms with van der Waals surface area (Å²) in [5.74, 6) is -0.962. The van der Waals surface area contributed by atoms with E-state index in [2.05, 4.69) is 0 Å². The molecule has 0 aromatic heterocycles. The van der Waals surface area contributed by atoms with Gasteiger partial charge in [-0.15, -0.1) is 0 Å². The predicted molar refractivity (Wildman–Crippen MR) is 66.2 cm³/mol. The Morgan fingerprint density at radius 3 is 2.68 bits per heavy atom. The average molecular weight is 295 g/mol. The molecule has 0 radical (unpaired) electrons. The van der Waals surface area contributed by atoms with Crippen molar-refractivity contribution in [2.24, 2.45) is 0 Å². The fourth-order valence-corrected chi connectivity index (χ4v) is 1.70. The lowest BCUT2D eigenvalue weighted by Gasteiger charge is -2.11. The van der Waals surface area contributed by atoms with Crippen molar-refractivity contribution >= 4 is 23.4 Å². The second-order valence-corrected chi connectivity index (χ2v) is 4.51. The largest absolute Gasteiger partial charge is 0.496 e. The summed E-state index contributed by atoms with van der Waals surface area (Å²) >= 11 is -0.255. The van der Waals surface area contributed by atoms with Crippen LogP contribution in [0.4, 0.5) is 18.9 Å². The highest BCUT2D eigenvalue weighted by Crippen LogP contribution is 2.30. The number of thioether (sulfide) groups is 1. The van der Waals surface area contributed by atoms with Crippen molar-refractivity contribution in [3.63, 3.8) is 0 Å². The molecule has 106 valence electrons. The maximum Gasteiger partial charge on any atom is 0.441 e. The molecule has 0 aliphatic carbocycles. The normalized spacial score (nSPS) is 11.2. The number of anilines is 1. The molecule has 0 bridgehead atoms. The van der Waals surface area contributed by atoms with Crippen LogP contribution in [0.1, 0.15) is 10.4 Å². The molecule has 0 fully saturated rings. The SMILES string of the molecule is COc1cccc(N)c1C(=O)OCCSC(F)(F)F. The van der Waals surface area contributed by atoms with Gasteiger partial charge < -0.3 is 15.2 Å². The molecule has 0 aliphatic heterocycles. The van der Waals surface area contributed by atoms with Crippen molar-refractivity contribution in [2.75, 3.05) is 25.2 Å². The predicted octanol–water partition coefficient (Wildman–Crippen LogP) is 2.69. The number of hydrogen-bond acceptors (Lipinski definition) is 5. The monoisotopic (exact) mass is 295 g/mol. The zero-order chi connectivity index (χ0) is 14.5. The fraction of sp³-hybridized carbons (Fsp3) is 0.364. The van der Waals surface area contributed by atoms with Gasteiger partial charge in [0.25, 0.3) is 0 Å². The molecule has 19 heavy (non-hydrogen) atoms. The number of esters is 1. The summed E-state index contributed by atoms with van der Waals surface area (Å²) in [7, 11) is 1.35. The number of benzene rings is 1. The number of carbonyl (C=O) groups is 1. The summed E-state index contributed by atoms with van der Waals surface area (Å²) in [6, 6.07) is 4.57. The Labute approximate surface area is 112 Å². The molecule has 4 nitrogen and oxygen atoms in total. The van der Waals surface area contributed by atoms with Crippen LogP contribution in [-0.2, 0) is 4.74 Å². The first kappa shape index (κ1) is 15.5. The third kappa shape index (κ3) is 4.90. The second kappa shape index (κ2) is 6.55. The number of hydrogen-bond donors (Lipinski definition) is 1. The van der Waals surface area contributed by atoms with Crippen molar-refractivity contribution in [1.29, 1.82) is 0 Å². The molecule has 0 aliphatic rings. The Kier molecular flexibility index (Phi) is 5.34. The van der Waals surface area contributed by atoms with Crippen LogP contribution in [0.15, 0.2) is 18.2 Å². The third-order valence-electron chi connectivity index (χ3n) is 2.06. The van der Waals surface area contributed by atoms with Gasteiger partial charge in [0.05, 0.1) is 7.11 Å². The van der Waals surface area contributed by atoms with Gasteiger partial charge in [-0.2, -0.15) is 13.2 Å². The van der Waals surface area contributed by atoms with Crippen molar-refractivity contribution in [3.8, 4) is 5.75 Å². The molecule has 0 spiro atoms. The molecule has 0 amide bonds. The molecule has 1 aromatic rings. The van der Waals surface area contributed by atoms with E-state index in [1.54, 1.807) is 6.07 Å². The summed E-state index contributed by atoms with van der Waals surface area (Å²) in [6.45, 7) is -0.361. The minimum absolute atomic E-state index is 0.0157. The Bertz CT molecular complexity index is 451. The van der Waals surface area contributed by atoms with E-state index in [9.17, 15) is 18.0 Å². The van der Waals surface area contributed by atoms with E-state index in [1.165, 1.54) is 19.2 Å². The number of rotatable bonds is 5. The lowest BCUT2D eigenvalue weighted by atomic mass is 10.1. The Balaban J connectivity index is 2.59. The average Bonchev–Trinajstić information content (AvgIpc) is 2.32. The molecule has 8 heteroatoms. The summed E-state index contributed by atoms with van der Waals surface area (Å²) < 4.78 is 45.3. The van der Waals surface area contributed by atoms with Crippen LogP contribution < -0.4 is 10.5 Å². The van der Waals surface area contributed by atoms with E-state index in [-0.39, 0.29) is 41.1 Å². The molecule has 1 aromatic carbocycles. The van der Waals surface area contributed by atoms with E-state index in [4.69, 9.17) is 15.2 Å². The highest BCUT2D eigenvalue weighted by Gasteiger charge is 2.28. The Morgan fingerprint density at radius 1 is 1.42 bits per heavy atom. The fourth-order valence-electron chi connectivity index (χ4n) is 1.30. The van der Waals surface area contributed by atoms with Gasteiger partial charge in [-0.05, 0) is 23.9 Å². The number of methoxy groups -OCH3 is 1. The van der Waals surface area contributed by atoms with Gasteiger partial charge in [0, 0.05) is 11.4 Å². The van der Waals surface area contributed by atoms with Crippen molar-refractivity contribution in [2.45, 2.75) is 5.51 Å². The Morgan fingerprint density at radius 2 is 2.11 bits per heavy atom. The molecule has 0 saturated carbocycles. The van der Waals surface area contributed by atoms with Gasteiger partial charge in [0.1, 0.15) is 17.9 Å². The van der Waals surface area contributed by atoms with Gasteiger partial charge in [-0.3, -0.25) is 0 Å². The van der Waals surface area contributed by atoms with Gasteiger partial charge >= 0.3 is 11.5 Å². The molecule has 0 atom stereocenters. The van der Waals surface area contributed by atoms with Gasteiger partial charge in [0.15, 0.2) is 0 Å². The molecule has 2 N–H and O–H groups in total. The smallest absolute Gasteiger partial charge is 0.441 e. The first-order valence-electron chi connectivity index (χ1n) is 5.15. The zero-order valence-corrected chi connectivity index (χ0v) is 10.8. The summed E-state index contributed by atoms with van der Waals surface area (Å²) in [5.41, 5.74) is 1.43. The Hall–Kier alpha value is -1.57. The summed E-state index contributed by atoms with van der Waals surface area (Å²) in [4.78, 5) is 11.7. The van der Waals surface area contributed by atoms with E-state index in [0.717, 1.165) is 0 Å². The zero-order valence-electron chi connectivity index (χ0n) is 9.99. The molecule has 0 heterocycles. The van der Waals surface area contributed by atoms with Crippen LogP contribution in [0.25, 0.3) is 0 Å². The van der Waals surface area contributed by atoms with Crippen molar-refractivity contribution in [3.05, 3.63) is 23.8 Å². The molecule has 0 saturated heterocycles. The summed E-state index contributed by atoms with van der Waals surface area (Å²) in [5, 5.41) is 0. The first-order chi connectivity index (χ1) is 8.85. The van der Waals surface area contributed by atoms with Crippen LogP contribution in [0, 0.1) is 0 Å². The lowest BCUT2D eigenvalue weighted by molar-refractivity contribution is -0.0331. The quantitative estimate of drug-likeness (QED) is 0.514. The maximum absolute atomic E-state index is 11.9. The number of halogens is 3. The lowest BCUT2D eigenvalue weighted by Crippen LogP contribution is -2.13. The van der Waals surface area contributed by atoms with Gasteiger partial charge in [0.2, 0.25) is 0 Å². The second-order valence-electron chi connectivity index (χ2n) is 3.35. The minimum atomic E-state index is -4.34. The van der Waals surface area contributed by atoms with Gasteiger partial charge in [-0.1, -0.05) is 6.07 Å². The van der Waals surface area contributed by atoms with E-state index >= 15 is 0 Å². The third-order valence-corrected chi connectivity index (χ3v) is 2.76. The van der Waals surface area contributed by atoms with E-state index in [0.29, 0.717) is 0 Å². The topological polar surface area (TPSA) is 61.5 Å². The van der Waals surface area contributed by atoms with Crippen LogP contribution in [0.3, 0.4) is 0 Å². The van der Waals surface area contributed by atoms with E-state index < -0.39 is 11.5 Å². The van der Waals surface area contributed by atoms with Crippen LogP contribution in [0.2, 0.25) is 0 Å². The van der Waals surface area contributed by atoms with E-state index in [1.807, 2.05) is 0 Å². The molecular formula is C11H12F3NO3S. The van der Waals surface area contributed by atoms with Crippen molar-refractivity contribution in [1.82, 2.24) is 0 Å². The summed E-state index contributed by atoms with van der Waals surface area (Å²) in [6.07, 6.45) is 0. The maximum atomic E-state index is 11.9. The number of carbonyl (C=O) groups excluding carboxylic acids is 1. The first-order valence-corrected chi connectivity index (χ1v) is 6.14. The number of alkyl halides is 3. The molecule has 0 unspecified atom stereocenters. The number of nitrogens with two attached hydrogens (primary N) is 1. The highest BCUT2D eigenvalue weighted by molar-refractivity contribution is 8.00. The number of ether oxygens (including phenoxy) is 2. The molecular weight excluding hydrogens is 283 g/mol. The van der Waals surface area contributed by atoms with Crippen molar-refractivity contribution < 1.29 is 27.4 Å². The van der Waals surface area contributed by atoms with Crippen LogP contribution in [-0.4, -0.2) is 30.9 Å².